The van der Waals surface area contributed by atoms with Gasteiger partial charge in [0.25, 0.3) is 11.5 Å². The lowest BCUT2D eigenvalue weighted by molar-refractivity contribution is 0.0489. The normalized spacial score (nSPS) is 16.2. The van der Waals surface area contributed by atoms with Crippen LogP contribution in [0.3, 0.4) is 0 Å². The lowest BCUT2D eigenvalue weighted by Gasteiger charge is -2.32. The molecule has 0 bridgehead atoms. The van der Waals surface area contributed by atoms with Crippen LogP contribution in [0.15, 0.2) is 27.9 Å². The van der Waals surface area contributed by atoms with E-state index in [1.165, 1.54) is 6.07 Å². The maximum atomic E-state index is 13.4. The Kier molecular flexibility index (Phi) is 5.92. The van der Waals surface area contributed by atoms with E-state index in [4.69, 9.17) is 10.5 Å². The minimum absolute atomic E-state index is 0.0392. The van der Waals surface area contributed by atoms with Gasteiger partial charge in [-0.05, 0) is 30.5 Å². The van der Waals surface area contributed by atoms with E-state index in [0.717, 1.165) is 18.4 Å². The molecular weight excluding hydrogens is 419 g/mol. The molecule has 1 aromatic heterocycles. The van der Waals surface area contributed by atoms with Crippen LogP contribution in [0.4, 0.5) is 4.39 Å². The van der Waals surface area contributed by atoms with Crippen LogP contribution in [0.5, 0.6) is 5.75 Å². The fraction of sp³-hybridized carbons (Fsp3) is 0.389. The van der Waals surface area contributed by atoms with E-state index in [-0.39, 0.29) is 22.8 Å². The van der Waals surface area contributed by atoms with Crippen molar-refractivity contribution in [3.63, 3.8) is 0 Å². The monoisotopic (exact) mass is 440 g/mol. The number of aromatic nitrogens is 2. The van der Waals surface area contributed by atoms with E-state index in [9.17, 15) is 27.5 Å². The Morgan fingerprint density at radius 2 is 2.07 bits per heavy atom. The van der Waals surface area contributed by atoms with Crippen molar-refractivity contribution in [2.75, 3.05) is 19.5 Å². The highest BCUT2D eigenvalue weighted by Gasteiger charge is 2.34. The minimum Gasteiger partial charge on any atom is -0.501 e. The van der Waals surface area contributed by atoms with E-state index in [0.29, 0.717) is 26.1 Å². The van der Waals surface area contributed by atoms with Crippen molar-refractivity contribution in [1.82, 2.24) is 15.3 Å². The number of amides is 1. The Hall–Kier alpha value is -2.83. The van der Waals surface area contributed by atoms with Gasteiger partial charge in [0, 0.05) is 26.0 Å². The number of nitrogens with one attached hydrogen (secondary N) is 2. The van der Waals surface area contributed by atoms with Crippen LogP contribution in [0.1, 0.15) is 34.7 Å². The summed E-state index contributed by atoms with van der Waals surface area (Å²) >= 11 is 0. The molecule has 0 aliphatic carbocycles. The summed E-state index contributed by atoms with van der Waals surface area (Å²) in [6.45, 7) is 0.398. The fourth-order valence-corrected chi connectivity index (χ4v) is 4.06. The predicted octanol–water partition coefficient (Wildman–Crippen LogP) is -0.0875. The van der Waals surface area contributed by atoms with Crippen molar-refractivity contribution < 1.29 is 27.4 Å². The number of hydrogen-bond acceptors (Lipinski definition) is 8. The molecule has 1 aromatic carbocycles. The summed E-state index contributed by atoms with van der Waals surface area (Å²) in [4.78, 5) is 30.9. The summed E-state index contributed by atoms with van der Waals surface area (Å²) in [7, 11) is -3.75. The highest BCUT2D eigenvalue weighted by Crippen LogP contribution is 2.27. The van der Waals surface area contributed by atoms with Gasteiger partial charge in [-0.25, -0.2) is 17.8 Å². The number of carbonyl (C=O) groups excluding carboxylic acids is 1. The average Bonchev–Trinajstić information content (AvgIpc) is 2.68. The number of rotatable bonds is 5. The maximum Gasteiger partial charge on any atom is 0.293 e. The molecule has 0 radical (unpaired) electrons. The van der Waals surface area contributed by atoms with Gasteiger partial charge in [-0.15, -0.1) is 0 Å². The number of aromatic amines is 1. The fourth-order valence-electron chi connectivity index (χ4n) is 3.11. The first-order valence-corrected chi connectivity index (χ1v) is 10.9. The standard InChI is InChI=1S/C18H21FN4O6S/c1-30(27,28)12-8-11(19)3-2-10(12)9-21-15(25)13-14(24)16(26)23-17(22-13)18(20)4-6-29-7-5-18/h2-3,8,24H,4-7,9,20H2,1H3,(H,21,25)(H,22,23,26). The van der Waals surface area contributed by atoms with Gasteiger partial charge < -0.3 is 25.9 Å². The molecule has 10 nitrogen and oxygen atoms in total. The first kappa shape index (κ1) is 21.9. The lowest BCUT2D eigenvalue weighted by Crippen LogP contribution is -2.45. The highest BCUT2D eigenvalue weighted by molar-refractivity contribution is 7.90. The third kappa shape index (κ3) is 4.50. The van der Waals surface area contributed by atoms with Crippen LogP contribution in [-0.4, -0.2) is 48.9 Å². The molecular formula is C18H21FN4O6S. The Bertz CT molecular complexity index is 1140. The molecule has 3 rings (SSSR count). The quantitative estimate of drug-likeness (QED) is 0.501. The molecule has 1 aliphatic heterocycles. The summed E-state index contributed by atoms with van der Waals surface area (Å²) in [5.41, 5.74) is 3.92. The summed E-state index contributed by atoms with van der Waals surface area (Å²) < 4.78 is 42.4. The Morgan fingerprint density at radius 3 is 2.70 bits per heavy atom. The van der Waals surface area contributed by atoms with E-state index in [2.05, 4.69) is 15.3 Å². The summed E-state index contributed by atoms with van der Waals surface area (Å²) in [5, 5.41) is 12.4. The van der Waals surface area contributed by atoms with Crippen LogP contribution in [0, 0.1) is 5.82 Å². The molecule has 1 saturated heterocycles. The van der Waals surface area contributed by atoms with Gasteiger partial charge in [0.05, 0.1) is 10.4 Å². The molecule has 1 aliphatic rings. The largest absolute Gasteiger partial charge is 0.501 e. The number of nitrogens with two attached hydrogens (primary N) is 1. The molecule has 0 atom stereocenters. The van der Waals surface area contributed by atoms with Gasteiger partial charge in [0.15, 0.2) is 15.5 Å². The predicted molar refractivity (Wildman–Crippen MR) is 103 cm³/mol. The average molecular weight is 440 g/mol. The van der Waals surface area contributed by atoms with Gasteiger partial charge in [-0.2, -0.15) is 0 Å². The number of H-pyrrole nitrogens is 1. The van der Waals surface area contributed by atoms with E-state index in [1.54, 1.807) is 0 Å². The molecule has 12 heteroatoms. The lowest BCUT2D eigenvalue weighted by atomic mass is 9.90. The molecule has 0 saturated carbocycles. The van der Waals surface area contributed by atoms with Crippen molar-refractivity contribution in [3.05, 3.63) is 51.5 Å². The van der Waals surface area contributed by atoms with Crippen molar-refractivity contribution in [1.29, 1.82) is 0 Å². The third-order valence-electron chi connectivity index (χ3n) is 4.83. The van der Waals surface area contributed by atoms with E-state index < -0.39 is 44.1 Å². The highest BCUT2D eigenvalue weighted by atomic mass is 32.2. The van der Waals surface area contributed by atoms with Crippen molar-refractivity contribution >= 4 is 15.7 Å². The van der Waals surface area contributed by atoms with Crippen molar-refractivity contribution in [3.8, 4) is 5.75 Å². The van der Waals surface area contributed by atoms with E-state index >= 15 is 0 Å². The molecule has 0 unspecified atom stereocenters. The van der Waals surface area contributed by atoms with Crippen molar-refractivity contribution in [2.24, 2.45) is 5.73 Å². The van der Waals surface area contributed by atoms with Crippen LogP contribution in [0.2, 0.25) is 0 Å². The molecule has 1 fully saturated rings. The number of ether oxygens (including phenoxy) is 1. The number of sulfone groups is 1. The Morgan fingerprint density at radius 1 is 1.40 bits per heavy atom. The third-order valence-corrected chi connectivity index (χ3v) is 6.01. The second-order valence-electron chi connectivity index (χ2n) is 7.09. The van der Waals surface area contributed by atoms with Crippen molar-refractivity contribution in [2.45, 2.75) is 29.8 Å². The van der Waals surface area contributed by atoms with Crippen LogP contribution >= 0.6 is 0 Å². The van der Waals surface area contributed by atoms with Gasteiger partial charge in [0.2, 0.25) is 5.75 Å². The molecule has 0 spiro atoms. The van der Waals surface area contributed by atoms with Gasteiger partial charge in [0.1, 0.15) is 11.6 Å². The second-order valence-corrected chi connectivity index (χ2v) is 9.07. The molecule has 5 N–H and O–H groups in total. The SMILES string of the molecule is CS(=O)(=O)c1cc(F)ccc1CNC(=O)c1nc(C2(N)CCOCC2)[nH]c(=O)c1O. The van der Waals surface area contributed by atoms with Gasteiger partial charge in [-0.1, -0.05) is 6.07 Å². The minimum atomic E-state index is -3.75. The first-order chi connectivity index (χ1) is 14.0. The smallest absolute Gasteiger partial charge is 0.293 e. The number of hydrogen-bond donors (Lipinski definition) is 4. The second kappa shape index (κ2) is 8.13. The topological polar surface area (TPSA) is 164 Å². The number of nitrogens with zero attached hydrogens (tertiary/aromatic N) is 1. The molecule has 162 valence electrons. The van der Waals surface area contributed by atoms with E-state index in [1.807, 2.05) is 0 Å². The van der Waals surface area contributed by atoms with Crippen LogP contribution in [-0.2, 0) is 26.7 Å². The zero-order chi connectivity index (χ0) is 22.1. The van der Waals surface area contributed by atoms with Crippen LogP contribution < -0.4 is 16.6 Å². The van der Waals surface area contributed by atoms with Gasteiger partial charge >= 0.3 is 0 Å². The molecule has 1 amide bonds. The number of aromatic hydroxyl groups is 1. The Labute approximate surface area is 171 Å². The van der Waals surface area contributed by atoms with Crippen LogP contribution in [0.25, 0.3) is 0 Å². The number of benzene rings is 1. The number of halogens is 1. The molecule has 2 aromatic rings. The maximum absolute atomic E-state index is 13.4. The van der Waals surface area contributed by atoms with Gasteiger partial charge in [-0.3, -0.25) is 9.59 Å². The summed E-state index contributed by atoms with van der Waals surface area (Å²) in [6.07, 6.45) is 1.63. The zero-order valence-electron chi connectivity index (χ0n) is 16.1. The summed E-state index contributed by atoms with van der Waals surface area (Å²) in [5.74, 6) is -2.51. The molecule has 30 heavy (non-hydrogen) atoms. The zero-order valence-corrected chi connectivity index (χ0v) is 16.9. The summed E-state index contributed by atoms with van der Waals surface area (Å²) in [6, 6.07) is 3.13. The first-order valence-electron chi connectivity index (χ1n) is 8.98. The Balaban J connectivity index is 1.89. The number of carbonyl (C=O) groups is 1. The molecule has 2 heterocycles.